The zero-order valence-corrected chi connectivity index (χ0v) is 13.8. The highest BCUT2D eigenvalue weighted by molar-refractivity contribution is 9.10. The predicted molar refractivity (Wildman–Crippen MR) is 89.0 cm³/mol. The lowest BCUT2D eigenvalue weighted by Gasteiger charge is -2.32. The summed E-state index contributed by atoms with van der Waals surface area (Å²) in [7, 11) is 0. The topological polar surface area (TPSA) is 23.5 Å². The largest absolute Gasteiger partial charge is 0.383 e. The molecule has 0 amide bonds. The lowest BCUT2D eigenvalue weighted by molar-refractivity contribution is 0.00469. The molecule has 2 aromatic carbocycles. The highest BCUT2D eigenvalue weighted by atomic mass is 79.9. The molecule has 21 heavy (non-hydrogen) atoms. The van der Waals surface area contributed by atoms with E-state index in [1.165, 1.54) is 5.56 Å². The Hall–Kier alpha value is -1.16. The maximum Gasteiger partial charge on any atom is 0.106 e. The van der Waals surface area contributed by atoms with Gasteiger partial charge < -0.3 is 5.11 Å². The minimum absolute atomic E-state index is 0.104. The predicted octanol–water partition coefficient (Wildman–Crippen LogP) is 3.93. The lowest BCUT2D eigenvalue weighted by Crippen LogP contribution is -2.40. The van der Waals surface area contributed by atoms with Gasteiger partial charge in [-0.1, -0.05) is 58.4 Å². The molecule has 3 rings (SSSR count). The fraction of sp³-hybridized carbons (Fsp3) is 0.333. The Balaban J connectivity index is 1.81. The highest BCUT2D eigenvalue weighted by Crippen LogP contribution is 2.39. The summed E-state index contributed by atoms with van der Waals surface area (Å²) in [5.41, 5.74) is 1.53. The number of hydrogen-bond acceptors (Lipinski definition) is 2. The first-order valence-corrected chi connectivity index (χ1v) is 8.15. The van der Waals surface area contributed by atoms with E-state index >= 15 is 0 Å². The van der Waals surface area contributed by atoms with Gasteiger partial charge in [-0.3, -0.25) is 4.90 Å². The summed E-state index contributed by atoms with van der Waals surface area (Å²) in [6, 6.07) is 18.6. The van der Waals surface area contributed by atoms with E-state index in [9.17, 15) is 5.11 Å². The van der Waals surface area contributed by atoms with E-state index in [-0.39, 0.29) is 6.04 Å². The Labute approximate surface area is 134 Å². The number of likely N-dealkylation sites (tertiary alicyclic amines) is 1. The summed E-state index contributed by atoms with van der Waals surface area (Å²) in [4.78, 5) is 2.36. The van der Waals surface area contributed by atoms with Crippen molar-refractivity contribution < 1.29 is 5.11 Å². The molecule has 2 atom stereocenters. The second-order valence-electron chi connectivity index (χ2n) is 5.82. The van der Waals surface area contributed by atoms with Gasteiger partial charge in [-0.05, 0) is 36.6 Å². The number of benzene rings is 2. The van der Waals surface area contributed by atoms with Crippen molar-refractivity contribution in [2.45, 2.75) is 31.5 Å². The van der Waals surface area contributed by atoms with Crippen LogP contribution in [0.3, 0.4) is 0 Å². The molecular weight excluding hydrogens is 326 g/mol. The summed E-state index contributed by atoms with van der Waals surface area (Å²) in [5, 5.41) is 11.1. The van der Waals surface area contributed by atoms with Crippen LogP contribution in [0.4, 0.5) is 0 Å². The quantitative estimate of drug-likeness (QED) is 0.910. The Kier molecular flexibility index (Phi) is 4.16. The molecule has 1 saturated heterocycles. The molecule has 0 bridgehead atoms. The van der Waals surface area contributed by atoms with E-state index in [4.69, 9.17) is 0 Å². The molecule has 3 heteroatoms. The fourth-order valence-electron chi connectivity index (χ4n) is 3.20. The van der Waals surface area contributed by atoms with Crippen molar-refractivity contribution in [3.63, 3.8) is 0 Å². The molecular formula is C18H20BrNO. The standard InChI is InChI=1S/C18H20BrNO/c1-14-18(21,16-8-5-9-17(19)12-16)10-11-20(14)13-15-6-3-2-4-7-15/h2-9,12,14,21H,10-11,13H2,1H3. The average Bonchev–Trinajstić information content (AvgIpc) is 2.78. The second-order valence-corrected chi connectivity index (χ2v) is 6.73. The average molecular weight is 346 g/mol. The molecule has 0 radical (unpaired) electrons. The van der Waals surface area contributed by atoms with Gasteiger partial charge in [-0.15, -0.1) is 0 Å². The van der Waals surface area contributed by atoms with Gasteiger partial charge in [0.05, 0.1) is 0 Å². The minimum atomic E-state index is -0.765. The smallest absolute Gasteiger partial charge is 0.106 e. The van der Waals surface area contributed by atoms with Crippen LogP contribution >= 0.6 is 15.9 Å². The Morgan fingerprint density at radius 3 is 2.67 bits per heavy atom. The van der Waals surface area contributed by atoms with Crippen molar-refractivity contribution in [1.29, 1.82) is 0 Å². The number of hydrogen-bond donors (Lipinski definition) is 1. The van der Waals surface area contributed by atoms with Crippen LogP contribution < -0.4 is 0 Å². The summed E-state index contributed by atoms with van der Waals surface area (Å²) >= 11 is 3.50. The SMILES string of the molecule is CC1N(Cc2ccccc2)CCC1(O)c1cccc(Br)c1. The number of halogens is 1. The van der Waals surface area contributed by atoms with Gasteiger partial charge in [0.1, 0.15) is 5.60 Å². The number of aliphatic hydroxyl groups is 1. The molecule has 0 aromatic heterocycles. The van der Waals surface area contributed by atoms with E-state index in [1.54, 1.807) is 0 Å². The molecule has 0 saturated carbocycles. The van der Waals surface area contributed by atoms with Gasteiger partial charge in [-0.2, -0.15) is 0 Å². The van der Waals surface area contributed by atoms with Crippen LogP contribution in [-0.4, -0.2) is 22.6 Å². The van der Waals surface area contributed by atoms with Gasteiger partial charge in [0.2, 0.25) is 0 Å². The number of rotatable bonds is 3. The second kappa shape index (κ2) is 5.91. The molecule has 0 spiro atoms. The van der Waals surface area contributed by atoms with Crippen molar-refractivity contribution in [1.82, 2.24) is 4.90 Å². The zero-order chi connectivity index (χ0) is 14.9. The highest BCUT2D eigenvalue weighted by Gasteiger charge is 2.44. The Morgan fingerprint density at radius 2 is 1.95 bits per heavy atom. The van der Waals surface area contributed by atoms with Gasteiger partial charge >= 0.3 is 0 Å². The van der Waals surface area contributed by atoms with Crippen LogP contribution in [0.1, 0.15) is 24.5 Å². The maximum atomic E-state index is 11.1. The van der Waals surface area contributed by atoms with E-state index in [2.05, 4.69) is 52.0 Å². The third-order valence-electron chi connectivity index (χ3n) is 4.57. The lowest BCUT2D eigenvalue weighted by atomic mass is 9.87. The van der Waals surface area contributed by atoms with Crippen LogP contribution in [0.5, 0.6) is 0 Å². The van der Waals surface area contributed by atoms with Crippen molar-refractivity contribution in [3.8, 4) is 0 Å². The van der Waals surface area contributed by atoms with Gasteiger partial charge in [-0.25, -0.2) is 0 Å². The third-order valence-corrected chi connectivity index (χ3v) is 5.07. The van der Waals surface area contributed by atoms with E-state index in [0.717, 1.165) is 29.5 Å². The van der Waals surface area contributed by atoms with Gasteiger partial charge in [0.15, 0.2) is 0 Å². The summed E-state index contributed by atoms with van der Waals surface area (Å²) in [5.74, 6) is 0. The van der Waals surface area contributed by atoms with Crippen LogP contribution in [0.15, 0.2) is 59.1 Å². The first-order chi connectivity index (χ1) is 10.1. The van der Waals surface area contributed by atoms with E-state index < -0.39 is 5.60 Å². The molecule has 2 aromatic rings. The fourth-order valence-corrected chi connectivity index (χ4v) is 3.60. The van der Waals surface area contributed by atoms with Crippen molar-refractivity contribution >= 4 is 15.9 Å². The maximum absolute atomic E-state index is 11.1. The third kappa shape index (κ3) is 2.91. The van der Waals surface area contributed by atoms with Crippen molar-refractivity contribution in [2.24, 2.45) is 0 Å². The molecule has 1 N–H and O–H groups in total. The van der Waals surface area contributed by atoms with Crippen molar-refractivity contribution in [3.05, 3.63) is 70.2 Å². The molecule has 110 valence electrons. The summed E-state index contributed by atoms with van der Waals surface area (Å²) in [6.45, 7) is 3.92. The molecule has 1 fully saturated rings. The molecule has 1 aliphatic heterocycles. The Morgan fingerprint density at radius 1 is 1.19 bits per heavy atom. The minimum Gasteiger partial charge on any atom is -0.383 e. The van der Waals surface area contributed by atoms with E-state index in [1.807, 2.05) is 30.3 Å². The first-order valence-electron chi connectivity index (χ1n) is 7.36. The zero-order valence-electron chi connectivity index (χ0n) is 12.2. The van der Waals surface area contributed by atoms with E-state index in [0.29, 0.717) is 0 Å². The van der Waals surface area contributed by atoms with Crippen LogP contribution in [-0.2, 0) is 12.1 Å². The summed E-state index contributed by atoms with van der Waals surface area (Å²) in [6.07, 6.45) is 0.775. The van der Waals surface area contributed by atoms with Crippen LogP contribution in [0.25, 0.3) is 0 Å². The molecule has 1 aliphatic rings. The first kappa shape index (κ1) is 14.8. The normalized spacial score (nSPS) is 26.1. The van der Waals surface area contributed by atoms with Gasteiger partial charge in [0, 0.05) is 23.6 Å². The number of nitrogens with zero attached hydrogens (tertiary/aromatic N) is 1. The summed E-state index contributed by atoms with van der Waals surface area (Å²) < 4.78 is 1.02. The molecule has 1 heterocycles. The van der Waals surface area contributed by atoms with Crippen molar-refractivity contribution in [2.75, 3.05) is 6.54 Å². The Bertz CT molecular complexity index is 616. The molecule has 2 nitrogen and oxygen atoms in total. The molecule has 2 unspecified atom stereocenters. The van der Waals surface area contributed by atoms with Crippen LogP contribution in [0.2, 0.25) is 0 Å². The molecule has 0 aliphatic carbocycles. The monoisotopic (exact) mass is 345 g/mol. The van der Waals surface area contributed by atoms with Crippen LogP contribution in [0, 0.1) is 0 Å². The van der Waals surface area contributed by atoms with Gasteiger partial charge in [0.25, 0.3) is 0 Å².